The van der Waals surface area contributed by atoms with Crippen LogP contribution in [-0.2, 0) is 30.8 Å². The second kappa shape index (κ2) is 9.19. The Bertz CT molecular complexity index is 986. The number of esters is 1. The molecular formula is C21H24N2O5S. The highest BCUT2D eigenvalue weighted by atomic mass is 32.2. The maximum Gasteiger partial charge on any atom is 0.307 e. The molecule has 7 nitrogen and oxygen atoms in total. The number of sulfonamides is 1. The fourth-order valence-electron chi connectivity index (χ4n) is 3.17. The molecule has 29 heavy (non-hydrogen) atoms. The largest absolute Gasteiger partial charge is 0.456 e. The van der Waals surface area contributed by atoms with Crippen molar-refractivity contribution in [3.63, 3.8) is 0 Å². The van der Waals surface area contributed by atoms with Crippen molar-refractivity contribution in [2.45, 2.75) is 31.1 Å². The monoisotopic (exact) mass is 416 g/mol. The van der Waals surface area contributed by atoms with E-state index in [1.807, 2.05) is 31.2 Å². The number of amides is 1. The van der Waals surface area contributed by atoms with Crippen LogP contribution in [0.5, 0.6) is 0 Å². The smallest absolute Gasteiger partial charge is 0.307 e. The summed E-state index contributed by atoms with van der Waals surface area (Å²) in [5.74, 6) is -0.916. The number of benzene rings is 2. The van der Waals surface area contributed by atoms with Gasteiger partial charge in [0.25, 0.3) is 5.91 Å². The third-order valence-electron chi connectivity index (χ3n) is 4.72. The van der Waals surface area contributed by atoms with Gasteiger partial charge in [-0.15, -0.1) is 0 Å². The number of fused-ring (bicyclic) bond motifs is 1. The number of hydrogen-bond acceptors (Lipinski definition) is 5. The molecule has 2 aromatic rings. The van der Waals surface area contributed by atoms with Crippen LogP contribution in [0.25, 0.3) is 0 Å². The van der Waals surface area contributed by atoms with E-state index in [0.717, 1.165) is 29.7 Å². The zero-order valence-corrected chi connectivity index (χ0v) is 17.1. The Morgan fingerprint density at radius 2 is 1.83 bits per heavy atom. The Morgan fingerprint density at radius 3 is 2.59 bits per heavy atom. The van der Waals surface area contributed by atoms with Crippen LogP contribution in [-0.4, -0.2) is 40.0 Å². The number of para-hydroxylation sites is 1. The molecule has 0 spiro atoms. The van der Waals surface area contributed by atoms with Gasteiger partial charge in [-0.2, -0.15) is 0 Å². The lowest BCUT2D eigenvalue weighted by Gasteiger charge is -2.29. The Morgan fingerprint density at radius 1 is 1.10 bits per heavy atom. The van der Waals surface area contributed by atoms with E-state index in [-0.39, 0.29) is 30.4 Å². The Hall–Kier alpha value is -2.71. The van der Waals surface area contributed by atoms with Crippen LogP contribution in [0.3, 0.4) is 0 Å². The van der Waals surface area contributed by atoms with Crippen molar-refractivity contribution >= 4 is 27.6 Å². The van der Waals surface area contributed by atoms with E-state index in [4.69, 9.17) is 4.74 Å². The maximum atomic E-state index is 12.4. The number of aryl methyl sites for hydroxylation is 2. The van der Waals surface area contributed by atoms with Gasteiger partial charge in [-0.05, 0) is 43.5 Å². The number of nitrogens with zero attached hydrogens (tertiary/aromatic N) is 1. The van der Waals surface area contributed by atoms with Gasteiger partial charge in [0.2, 0.25) is 10.0 Å². The summed E-state index contributed by atoms with van der Waals surface area (Å²) in [5, 5.41) is 0. The van der Waals surface area contributed by atoms with Gasteiger partial charge in [0, 0.05) is 18.8 Å². The first-order valence-corrected chi connectivity index (χ1v) is 11.0. The summed E-state index contributed by atoms with van der Waals surface area (Å²) < 4.78 is 31.8. The van der Waals surface area contributed by atoms with Crippen molar-refractivity contribution in [1.82, 2.24) is 4.72 Å². The molecule has 154 valence electrons. The van der Waals surface area contributed by atoms with Crippen LogP contribution in [0.1, 0.15) is 24.0 Å². The van der Waals surface area contributed by atoms with Crippen LogP contribution >= 0.6 is 0 Å². The van der Waals surface area contributed by atoms with Crippen LogP contribution in [0.2, 0.25) is 0 Å². The van der Waals surface area contributed by atoms with Crippen molar-refractivity contribution in [2.24, 2.45) is 0 Å². The van der Waals surface area contributed by atoms with Crippen LogP contribution in [0, 0.1) is 6.92 Å². The molecule has 1 amide bonds. The lowest BCUT2D eigenvalue weighted by molar-refractivity contribution is -0.147. The molecule has 1 N–H and O–H groups in total. The molecule has 0 fully saturated rings. The van der Waals surface area contributed by atoms with Crippen LogP contribution in [0.15, 0.2) is 53.4 Å². The minimum absolute atomic E-state index is 0.101. The van der Waals surface area contributed by atoms with Crippen molar-refractivity contribution in [2.75, 3.05) is 24.6 Å². The highest BCUT2D eigenvalue weighted by Gasteiger charge is 2.23. The van der Waals surface area contributed by atoms with Gasteiger partial charge in [0.05, 0.1) is 11.3 Å². The number of carbonyl (C=O) groups excluding carboxylic acids is 2. The molecule has 0 bridgehead atoms. The van der Waals surface area contributed by atoms with Gasteiger partial charge < -0.3 is 9.64 Å². The minimum atomic E-state index is -3.69. The highest BCUT2D eigenvalue weighted by molar-refractivity contribution is 7.89. The summed E-state index contributed by atoms with van der Waals surface area (Å²) in [6.45, 7) is 1.99. The first-order valence-electron chi connectivity index (χ1n) is 9.47. The van der Waals surface area contributed by atoms with E-state index in [1.165, 1.54) is 12.1 Å². The molecule has 2 aromatic carbocycles. The Balaban J connectivity index is 1.46. The molecule has 0 unspecified atom stereocenters. The second-order valence-corrected chi connectivity index (χ2v) is 8.67. The van der Waals surface area contributed by atoms with Gasteiger partial charge in [-0.25, -0.2) is 13.1 Å². The summed E-state index contributed by atoms with van der Waals surface area (Å²) >= 11 is 0. The van der Waals surface area contributed by atoms with Gasteiger partial charge in [0.15, 0.2) is 6.61 Å². The molecule has 0 aliphatic carbocycles. The second-order valence-electron chi connectivity index (χ2n) is 6.90. The molecule has 0 saturated carbocycles. The summed E-state index contributed by atoms with van der Waals surface area (Å²) in [6.07, 6.45) is 1.62. The molecule has 0 aromatic heterocycles. The first-order chi connectivity index (χ1) is 13.9. The van der Waals surface area contributed by atoms with E-state index in [9.17, 15) is 18.0 Å². The third-order valence-corrected chi connectivity index (χ3v) is 6.20. The van der Waals surface area contributed by atoms with E-state index >= 15 is 0 Å². The van der Waals surface area contributed by atoms with Crippen LogP contribution < -0.4 is 9.62 Å². The highest BCUT2D eigenvalue weighted by Crippen LogP contribution is 2.26. The van der Waals surface area contributed by atoms with Gasteiger partial charge in [-0.1, -0.05) is 35.9 Å². The van der Waals surface area contributed by atoms with Gasteiger partial charge in [0.1, 0.15) is 0 Å². The lowest BCUT2D eigenvalue weighted by Crippen LogP contribution is -2.38. The third kappa shape index (κ3) is 5.42. The number of carbonyl (C=O) groups is 2. The summed E-state index contributed by atoms with van der Waals surface area (Å²) in [4.78, 5) is 26.1. The number of anilines is 1. The number of nitrogens with one attached hydrogen (secondary N) is 1. The number of rotatable bonds is 7. The fourth-order valence-corrected chi connectivity index (χ4v) is 4.21. The zero-order valence-electron chi connectivity index (χ0n) is 16.3. The molecule has 1 aliphatic rings. The first kappa shape index (κ1) is 21.0. The van der Waals surface area contributed by atoms with Crippen molar-refractivity contribution in [3.05, 3.63) is 59.7 Å². The Kier molecular flexibility index (Phi) is 6.66. The summed E-state index contributed by atoms with van der Waals surface area (Å²) in [7, 11) is -3.69. The molecule has 0 radical (unpaired) electrons. The van der Waals surface area contributed by atoms with E-state index in [0.29, 0.717) is 6.54 Å². The SMILES string of the molecule is Cc1ccc(S(=O)(=O)NCCC(=O)OCC(=O)N2CCCc3ccccc32)cc1. The Labute approximate surface area is 170 Å². The van der Waals surface area contributed by atoms with E-state index < -0.39 is 16.0 Å². The quantitative estimate of drug-likeness (QED) is 0.699. The topological polar surface area (TPSA) is 92.8 Å². The molecule has 0 saturated heterocycles. The molecule has 8 heteroatoms. The zero-order chi connectivity index (χ0) is 20.9. The predicted octanol–water partition coefficient (Wildman–Crippen LogP) is 2.19. The van der Waals surface area contributed by atoms with E-state index in [1.54, 1.807) is 17.0 Å². The number of hydrogen-bond donors (Lipinski definition) is 1. The van der Waals surface area contributed by atoms with Crippen molar-refractivity contribution in [1.29, 1.82) is 0 Å². The summed E-state index contributed by atoms with van der Waals surface area (Å²) in [5.41, 5.74) is 2.91. The average molecular weight is 416 g/mol. The van der Waals surface area contributed by atoms with Crippen molar-refractivity contribution < 1.29 is 22.7 Å². The molecule has 1 aliphatic heterocycles. The molecule has 0 atom stereocenters. The molecule has 1 heterocycles. The van der Waals surface area contributed by atoms with Crippen molar-refractivity contribution in [3.8, 4) is 0 Å². The van der Waals surface area contributed by atoms with Gasteiger partial charge >= 0.3 is 5.97 Å². The van der Waals surface area contributed by atoms with Crippen LogP contribution in [0.4, 0.5) is 5.69 Å². The molecular weight excluding hydrogens is 392 g/mol. The fraction of sp³-hybridized carbons (Fsp3) is 0.333. The molecule has 3 rings (SSSR count). The number of ether oxygens (including phenoxy) is 1. The van der Waals surface area contributed by atoms with E-state index in [2.05, 4.69) is 4.72 Å². The predicted molar refractivity (Wildman–Crippen MR) is 109 cm³/mol. The average Bonchev–Trinajstić information content (AvgIpc) is 2.71. The normalized spacial score (nSPS) is 13.6. The maximum absolute atomic E-state index is 12.4. The summed E-state index contributed by atoms with van der Waals surface area (Å²) in [6, 6.07) is 14.1. The standard InChI is InChI=1S/C21H24N2O5S/c1-16-8-10-18(11-9-16)29(26,27)22-13-12-21(25)28-15-20(24)23-14-4-6-17-5-2-3-7-19(17)23/h2-3,5,7-11,22H,4,6,12-15H2,1H3. The van der Waals surface area contributed by atoms with Gasteiger partial charge in [-0.3, -0.25) is 9.59 Å². The minimum Gasteiger partial charge on any atom is -0.456 e. The lowest BCUT2D eigenvalue weighted by atomic mass is 10.0.